The lowest BCUT2D eigenvalue weighted by Gasteiger charge is -2.34. The molecule has 3 atom stereocenters. The summed E-state index contributed by atoms with van der Waals surface area (Å²) in [6.07, 6.45) is 2.61. The van der Waals surface area contributed by atoms with Gasteiger partial charge in [0.1, 0.15) is 0 Å². The van der Waals surface area contributed by atoms with Gasteiger partial charge in [-0.25, -0.2) is 0 Å². The van der Waals surface area contributed by atoms with Crippen LogP contribution in [0.2, 0.25) is 0 Å². The highest BCUT2D eigenvalue weighted by Crippen LogP contribution is 2.29. The summed E-state index contributed by atoms with van der Waals surface area (Å²) in [4.78, 5) is 25.0. The van der Waals surface area contributed by atoms with Gasteiger partial charge >= 0.3 is 0 Å². The van der Waals surface area contributed by atoms with E-state index in [-0.39, 0.29) is 34.7 Å². The highest BCUT2D eigenvalue weighted by molar-refractivity contribution is 5.82. The summed E-state index contributed by atoms with van der Waals surface area (Å²) < 4.78 is 0. The predicted molar refractivity (Wildman–Crippen MR) is 111 cm³/mol. The highest BCUT2D eigenvalue weighted by Gasteiger charge is 2.33. The molecule has 0 aromatic carbocycles. The first-order chi connectivity index (χ1) is 11.5. The third-order valence-corrected chi connectivity index (χ3v) is 5.61. The Labute approximate surface area is 162 Å². The van der Waals surface area contributed by atoms with E-state index in [1.807, 2.05) is 34.6 Å². The van der Waals surface area contributed by atoms with Crippen molar-refractivity contribution in [3.63, 3.8) is 0 Å². The lowest BCUT2D eigenvalue weighted by Crippen LogP contribution is -2.47. The summed E-state index contributed by atoms with van der Waals surface area (Å²) in [5, 5.41) is 6.35. The Bertz CT molecular complexity index is 470. The molecule has 2 amide bonds. The smallest absolute Gasteiger partial charge is 0.225 e. The van der Waals surface area contributed by atoms with Gasteiger partial charge in [-0.2, -0.15) is 0 Å². The summed E-state index contributed by atoms with van der Waals surface area (Å²) in [6.45, 7) is 22.6. The molecule has 0 aliphatic carbocycles. The molecule has 0 bridgehead atoms. The minimum Gasteiger partial charge on any atom is -0.353 e. The monoisotopic (exact) mass is 368 g/mol. The van der Waals surface area contributed by atoms with E-state index in [2.05, 4.69) is 52.2 Å². The van der Waals surface area contributed by atoms with E-state index in [4.69, 9.17) is 0 Å². The van der Waals surface area contributed by atoms with E-state index < -0.39 is 5.41 Å². The van der Waals surface area contributed by atoms with Crippen LogP contribution in [-0.2, 0) is 9.59 Å². The molecule has 0 rings (SSSR count). The number of amides is 2. The van der Waals surface area contributed by atoms with Crippen LogP contribution in [0.1, 0.15) is 95.4 Å². The number of carbonyl (C=O) groups is 2. The van der Waals surface area contributed by atoms with E-state index in [0.29, 0.717) is 5.92 Å². The van der Waals surface area contributed by atoms with Crippen LogP contribution in [0.25, 0.3) is 0 Å². The van der Waals surface area contributed by atoms with Crippen LogP contribution >= 0.6 is 0 Å². The fraction of sp³-hybridized carbons (Fsp3) is 0.909. The molecule has 26 heavy (non-hydrogen) atoms. The molecule has 154 valence electrons. The highest BCUT2D eigenvalue weighted by atomic mass is 16.2. The van der Waals surface area contributed by atoms with Crippen LogP contribution in [0, 0.1) is 22.2 Å². The maximum Gasteiger partial charge on any atom is 0.225 e. The van der Waals surface area contributed by atoms with E-state index in [1.54, 1.807) is 0 Å². The summed E-state index contributed by atoms with van der Waals surface area (Å²) in [5.41, 5.74) is -0.751. The van der Waals surface area contributed by atoms with Crippen molar-refractivity contribution >= 4 is 11.8 Å². The first-order valence-electron chi connectivity index (χ1n) is 10.1. The fourth-order valence-corrected chi connectivity index (χ4v) is 2.54. The van der Waals surface area contributed by atoms with Crippen molar-refractivity contribution in [3.05, 3.63) is 0 Å². The van der Waals surface area contributed by atoms with Crippen LogP contribution in [0.15, 0.2) is 0 Å². The zero-order valence-corrected chi connectivity index (χ0v) is 19.2. The molecular weight excluding hydrogens is 324 g/mol. The van der Waals surface area contributed by atoms with Gasteiger partial charge in [-0.1, -0.05) is 69.2 Å². The molecule has 0 aliphatic heterocycles. The van der Waals surface area contributed by atoms with Crippen molar-refractivity contribution in [2.24, 2.45) is 22.2 Å². The third-order valence-electron chi connectivity index (χ3n) is 5.61. The van der Waals surface area contributed by atoms with Crippen molar-refractivity contribution in [1.29, 1.82) is 0 Å². The van der Waals surface area contributed by atoms with Crippen molar-refractivity contribution in [2.45, 2.75) is 108 Å². The summed E-state index contributed by atoms with van der Waals surface area (Å²) in [5.74, 6) is 0.532. The van der Waals surface area contributed by atoms with Crippen LogP contribution < -0.4 is 10.6 Å². The van der Waals surface area contributed by atoms with Gasteiger partial charge in [0, 0.05) is 22.9 Å². The van der Waals surface area contributed by atoms with Gasteiger partial charge in [0.15, 0.2) is 0 Å². The van der Waals surface area contributed by atoms with Gasteiger partial charge < -0.3 is 10.6 Å². The molecule has 2 N–H and O–H groups in total. The maximum absolute atomic E-state index is 12.7. The van der Waals surface area contributed by atoms with E-state index in [9.17, 15) is 9.59 Å². The van der Waals surface area contributed by atoms with Gasteiger partial charge in [-0.05, 0) is 37.5 Å². The van der Waals surface area contributed by atoms with Crippen molar-refractivity contribution < 1.29 is 9.59 Å². The Hall–Kier alpha value is -1.06. The summed E-state index contributed by atoms with van der Waals surface area (Å²) in [7, 11) is 0. The molecule has 0 saturated carbocycles. The Morgan fingerprint density at radius 1 is 0.846 bits per heavy atom. The summed E-state index contributed by atoms with van der Waals surface area (Å²) in [6, 6.07) is 0.273. The fourth-order valence-electron chi connectivity index (χ4n) is 2.54. The molecule has 0 aliphatic rings. The second kappa shape index (κ2) is 9.23. The first-order valence-corrected chi connectivity index (χ1v) is 10.1. The average molecular weight is 369 g/mol. The third kappa shape index (κ3) is 8.09. The number of rotatable bonds is 8. The van der Waals surface area contributed by atoms with Crippen molar-refractivity contribution in [3.8, 4) is 0 Å². The maximum atomic E-state index is 12.7. The minimum atomic E-state index is -0.417. The topological polar surface area (TPSA) is 58.2 Å². The standard InChI is InChI=1S/C22H44N2O2/c1-12-17(24-18(25)21(7,8)9)15(2)13-14-22(10,11)19(26)23-16(3)20(4,5)6/h15-17H,12-14H2,1-11H3,(H,23,26)(H,24,25). The van der Waals surface area contributed by atoms with Gasteiger partial charge in [-0.15, -0.1) is 0 Å². The molecule has 4 nitrogen and oxygen atoms in total. The Kier molecular flexibility index (Phi) is 8.86. The van der Waals surface area contributed by atoms with E-state index in [0.717, 1.165) is 19.3 Å². The normalized spacial score (nSPS) is 16.6. The van der Waals surface area contributed by atoms with Gasteiger partial charge in [-0.3, -0.25) is 9.59 Å². The predicted octanol–water partition coefficient (Wildman–Crippen LogP) is 4.92. The molecule has 0 radical (unpaired) electrons. The Morgan fingerprint density at radius 3 is 1.73 bits per heavy atom. The molecular formula is C22H44N2O2. The van der Waals surface area contributed by atoms with E-state index >= 15 is 0 Å². The van der Waals surface area contributed by atoms with Gasteiger partial charge in [0.2, 0.25) is 11.8 Å². The second-order valence-corrected chi connectivity index (χ2v) is 10.7. The number of carbonyl (C=O) groups excluding carboxylic acids is 2. The SMILES string of the molecule is CCC(NC(=O)C(C)(C)C)C(C)CCC(C)(C)C(=O)NC(C)C(C)(C)C. The quantitative estimate of drug-likeness (QED) is 0.639. The molecule has 0 spiro atoms. The summed E-state index contributed by atoms with van der Waals surface area (Å²) >= 11 is 0. The second-order valence-electron chi connectivity index (χ2n) is 10.7. The Balaban J connectivity index is 4.76. The molecule has 0 heterocycles. The van der Waals surface area contributed by atoms with Crippen LogP contribution in [0.5, 0.6) is 0 Å². The van der Waals surface area contributed by atoms with Crippen molar-refractivity contribution in [2.75, 3.05) is 0 Å². The molecule has 0 aromatic heterocycles. The molecule has 0 saturated heterocycles. The van der Waals surface area contributed by atoms with E-state index in [1.165, 1.54) is 0 Å². The van der Waals surface area contributed by atoms with Gasteiger partial charge in [0.25, 0.3) is 0 Å². The average Bonchev–Trinajstić information content (AvgIpc) is 2.47. The van der Waals surface area contributed by atoms with Crippen LogP contribution in [-0.4, -0.2) is 23.9 Å². The van der Waals surface area contributed by atoms with Crippen LogP contribution in [0.3, 0.4) is 0 Å². The molecule has 0 aromatic rings. The van der Waals surface area contributed by atoms with Crippen molar-refractivity contribution in [1.82, 2.24) is 10.6 Å². The molecule has 4 heteroatoms. The lowest BCUT2D eigenvalue weighted by molar-refractivity contribution is -0.132. The number of hydrogen-bond acceptors (Lipinski definition) is 2. The minimum absolute atomic E-state index is 0.0452. The Morgan fingerprint density at radius 2 is 1.35 bits per heavy atom. The molecule has 0 fully saturated rings. The zero-order chi connectivity index (χ0) is 20.9. The van der Waals surface area contributed by atoms with Crippen LogP contribution in [0.4, 0.5) is 0 Å². The molecule has 3 unspecified atom stereocenters. The largest absolute Gasteiger partial charge is 0.353 e. The number of hydrogen-bond donors (Lipinski definition) is 2. The number of nitrogens with one attached hydrogen (secondary N) is 2. The van der Waals surface area contributed by atoms with Gasteiger partial charge in [0.05, 0.1) is 0 Å². The first kappa shape index (κ1) is 24.9. The lowest BCUT2D eigenvalue weighted by atomic mass is 9.80. The zero-order valence-electron chi connectivity index (χ0n) is 19.2.